The molecule has 4 heavy (non-hydrogen) atoms. The fourth-order valence-corrected chi connectivity index (χ4v) is 0. The van der Waals surface area contributed by atoms with E-state index in [1.54, 1.807) is 0 Å². The van der Waals surface area contributed by atoms with Crippen molar-refractivity contribution in [2.24, 2.45) is 0 Å². The Morgan fingerprint density at radius 1 is 1.25 bits per heavy atom. The zero-order valence-electron chi connectivity index (χ0n) is 3.21. The first kappa shape index (κ1) is 8.90. The van der Waals surface area contributed by atoms with Crippen molar-refractivity contribution in [1.82, 2.24) is 6.15 Å². The van der Waals surface area contributed by atoms with Crippen molar-refractivity contribution in [1.29, 1.82) is 0 Å². The molecule has 0 rings (SSSR count). The van der Waals surface area contributed by atoms with E-state index in [2.05, 4.69) is 13.1 Å². The fraction of sp³-hybridized carbons (Fsp3) is 1.00. The summed E-state index contributed by atoms with van der Waals surface area (Å²) in [7, 11) is 1.08. The van der Waals surface area contributed by atoms with Crippen molar-refractivity contribution in [3.63, 3.8) is 0 Å². The maximum absolute atomic E-state index is 2.15. The van der Waals surface area contributed by atoms with Gasteiger partial charge in [0.05, 0.1) is 0 Å². The summed E-state index contributed by atoms with van der Waals surface area (Å²) in [6, 6.07) is 0. The van der Waals surface area contributed by atoms with Crippen LogP contribution in [0.25, 0.3) is 0 Å². The standard InChI is InChI=1S/C2H6Si.H3N/c1-3-2;/h1-2H3;1H3. The number of hydrogen-bond acceptors (Lipinski definition) is 1. The summed E-state index contributed by atoms with van der Waals surface area (Å²) < 4.78 is 0. The molecular formula is C2H9NSi. The molecular weight excluding hydrogens is 66.1 g/mol. The zero-order valence-corrected chi connectivity index (χ0v) is 4.21. The molecule has 0 aliphatic carbocycles. The van der Waals surface area contributed by atoms with E-state index in [1.807, 2.05) is 0 Å². The van der Waals surface area contributed by atoms with Gasteiger partial charge in [0.25, 0.3) is 0 Å². The SMILES string of the molecule is C[Si]C.N. The molecule has 0 aromatic rings. The first-order valence-corrected chi connectivity index (χ1v) is 3.00. The van der Waals surface area contributed by atoms with Gasteiger partial charge in [0.2, 0.25) is 0 Å². The molecule has 0 saturated heterocycles. The minimum atomic E-state index is 0. The van der Waals surface area contributed by atoms with E-state index in [9.17, 15) is 0 Å². The average molecular weight is 75.2 g/mol. The van der Waals surface area contributed by atoms with Crippen molar-refractivity contribution in [3.05, 3.63) is 0 Å². The zero-order chi connectivity index (χ0) is 2.71. The van der Waals surface area contributed by atoms with E-state index in [1.165, 1.54) is 0 Å². The molecule has 0 spiro atoms. The summed E-state index contributed by atoms with van der Waals surface area (Å²) in [4.78, 5) is 0. The quantitative estimate of drug-likeness (QED) is 0.427. The summed E-state index contributed by atoms with van der Waals surface area (Å²) in [6.07, 6.45) is 0. The van der Waals surface area contributed by atoms with Gasteiger partial charge in [-0.2, -0.15) is 0 Å². The van der Waals surface area contributed by atoms with Crippen LogP contribution in [0.2, 0.25) is 13.1 Å². The molecule has 0 aliphatic rings. The van der Waals surface area contributed by atoms with E-state index in [4.69, 9.17) is 0 Å². The Balaban J connectivity index is 0. The molecule has 26 valence electrons. The van der Waals surface area contributed by atoms with Gasteiger partial charge in [-0.1, -0.05) is 13.1 Å². The van der Waals surface area contributed by atoms with E-state index in [0.29, 0.717) is 0 Å². The fourth-order valence-electron chi connectivity index (χ4n) is 0. The minimum absolute atomic E-state index is 0. The van der Waals surface area contributed by atoms with Crippen LogP contribution in [0.15, 0.2) is 0 Å². The molecule has 0 heterocycles. The lowest BCUT2D eigenvalue weighted by atomic mass is 11.9. The van der Waals surface area contributed by atoms with Gasteiger partial charge in [-0.15, -0.1) is 0 Å². The average Bonchev–Trinajstić information content (AvgIpc) is 0.918. The van der Waals surface area contributed by atoms with Gasteiger partial charge >= 0.3 is 0 Å². The van der Waals surface area contributed by atoms with Crippen molar-refractivity contribution in [2.45, 2.75) is 13.1 Å². The van der Waals surface area contributed by atoms with Crippen LogP contribution in [-0.2, 0) is 0 Å². The summed E-state index contributed by atoms with van der Waals surface area (Å²) in [6.45, 7) is 4.31. The number of rotatable bonds is 0. The second-order valence-electron chi connectivity index (χ2n) is 0.500. The van der Waals surface area contributed by atoms with Crippen molar-refractivity contribution < 1.29 is 0 Å². The third kappa shape index (κ3) is 96.4. The largest absolute Gasteiger partial charge is 0.344 e. The lowest BCUT2D eigenvalue weighted by molar-refractivity contribution is 2.13. The van der Waals surface area contributed by atoms with Crippen LogP contribution < -0.4 is 6.15 Å². The van der Waals surface area contributed by atoms with Crippen LogP contribution in [0, 0.1) is 0 Å². The van der Waals surface area contributed by atoms with Crippen molar-refractivity contribution in [2.75, 3.05) is 0 Å². The van der Waals surface area contributed by atoms with Gasteiger partial charge < -0.3 is 6.15 Å². The van der Waals surface area contributed by atoms with Crippen LogP contribution in [0.5, 0.6) is 0 Å². The summed E-state index contributed by atoms with van der Waals surface area (Å²) in [5.74, 6) is 0. The van der Waals surface area contributed by atoms with Gasteiger partial charge in [-0.3, -0.25) is 0 Å². The Morgan fingerprint density at radius 3 is 1.25 bits per heavy atom. The normalized spacial score (nSPS) is 4.50. The predicted octanol–water partition coefficient (Wildman–Crippen LogP) is 0.949. The Labute approximate surface area is 29.8 Å². The summed E-state index contributed by atoms with van der Waals surface area (Å²) >= 11 is 0. The Hall–Kier alpha value is 0.177. The molecule has 0 bridgehead atoms. The van der Waals surface area contributed by atoms with Crippen LogP contribution in [0.3, 0.4) is 0 Å². The molecule has 0 amide bonds. The molecule has 3 N–H and O–H groups in total. The molecule has 0 unspecified atom stereocenters. The van der Waals surface area contributed by atoms with E-state index >= 15 is 0 Å². The molecule has 1 nitrogen and oxygen atoms in total. The van der Waals surface area contributed by atoms with Gasteiger partial charge in [-0.05, 0) is 0 Å². The monoisotopic (exact) mass is 75.1 g/mol. The summed E-state index contributed by atoms with van der Waals surface area (Å²) in [5.41, 5.74) is 0. The van der Waals surface area contributed by atoms with Gasteiger partial charge in [0.1, 0.15) is 0 Å². The van der Waals surface area contributed by atoms with Crippen LogP contribution in [-0.4, -0.2) is 9.52 Å². The Morgan fingerprint density at radius 2 is 1.25 bits per heavy atom. The molecule has 0 aromatic carbocycles. The molecule has 0 saturated carbocycles. The smallest absolute Gasteiger partial charge is 0.0307 e. The second kappa shape index (κ2) is 10.9. The lowest BCUT2D eigenvalue weighted by Crippen LogP contribution is -1.53. The third-order valence-corrected chi connectivity index (χ3v) is 0. The van der Waals surface area contributed by atoms with Gasteiger partial charge in [0.15, 0.2) is 0 Å². The van der Waals surface area contributed by atoms with Crippen LogP contribution >= 0.6 is 0 Å². The van der Waals surface area contributed by atoms with Crippen LogP contribution in [0.1, 0.15) is 0 Å². The maximum atomic E-state index is 2.15. The molecule has 0 aromatic heterocycles. The van der Waals surface area contributed by atoms with Crippen molar-refractivity contribution >= 4 is 9.52 Å². The lowest BCUT2D eigenvalue weighted by Gasteiger charge is -1.44. The topological polar surface area (TPSA) is 35.0 Å². The molecule has 2 radical (unpaired) electrons. The highest BCUT2D eigenvalue weighted by molar-refractivity contribution is 6.31. The summed E-state index contributed by atoms with van der Waals surface area (Å²) in [5, 5.41) is 0. The van der Waals surface area contributed by atoms with Gasteiger partial charge in [0, 0.05) is 9.52 Å². The highest BCUT2D eigenvalue weighted by atomic mass is 28.2. The highest BCUT2D eigenvalue weighted by Crippen LogP contribution is 1.36. The molecule has 0 fully saturated rings. The first-order chi connectivity index (χ1) is 1.41. The third-order valence-electron chi connectivity index (χ3n) is 0. The molecule has 2 heteroatoms. The van der Waals surface area contributed by atoms with Gasteiger partial charge in [-0.25, -0.2) is 0 Å². The van der Waals surface area contributed by atoms with Crippen LogP contribution in [0.4, 0.5) is 0 Å². The number of hydrogen-bond donors (Lipinski definition) is 1. The Bertz CT molecular complexity index is 6.00. The predicted molar refractivity (Wildman–Crippen MR) is 22.5 cm³/mol. The first-order valence-electron chi connectivity index (χ1n) is 1.00. The van der Waals surface area contributed by atoms with E-state index in [-0.39, 0.29) is 6.15 Å². The van der Waals surface area contributed by atoms with E-state index in [0.717, 1.165) is 9.52 Å². The minimum Gasteiger partial charge on any atom is -0.344 e. The molecule has 0 aliphatic heterocycles. The van der Waals surface area contributed by atoms with Crippen molar-refractivity contribution in [3.8, 4) is 0 Å². The second-order valence-corrected chi connectivity index (χ2v) is 1.50. The maximum Gasteiger partial charge on any atom is 0.0307 e. The van der Waals surface area contributed by atoms with E-state index < -0.39 is 0 Å². The Kier molecular flexibility index (Phi) is 24.2. The highest BCUT2D eigenvalue weighted by Gasteiger charge is 1.39. The molecule has 0 atom stereocenters.